The number of piperidine rings is 1. The van der Waals surface area contributed by atoms with Gasteiger partial charge in [0.2, 0.25) is 0 Å². The van der Waals surface area contributed by atoms with Crippen molar-refractivity contribution in [2.75, 3.05) is 37.7 Å². The van der Waals surface area contributed by atoms with E-state index < -0.39 is 11.7 Å². The Morgan fingerprint density at radius 1 is 0.791 bits per heavy atom. The Balaban J connectivity index is 1.32. The number of alkyl halides is 3. The van der Waals surface area contributed by atoms with Crippen LogP contribution in [0.5, 0.6) is 5.75 Å². The Bertz CT molecular complexity index is 1390. The van der Waals surface area contributed by atoms with Crippen molar-refractivity contribution in [3.63, 3.8) is 0 Å². The van der Waals surface area contributed by atoms with Crippen molar-refractivity contribution in [2.24, 2.45) is 0 Å². The topological polar surface area (TPSA) is 15.7 Å². The molecule has 0 N–H and O–H groups in total. The van der Waals surface area contributed by atoms with E-state index in [2.05, 4.69) is 46.2 Å². The molecule has 0 unspecified atom stereocenters. The lowest BCUT2D eigenvalue weighted by Crippen LogP contribution is -2.31. The fourth-order valence-electron chi connectivity index (χ4n) is 5.83. The summed E-state index contributed by atoms with van der Waals surface area (Å²) in [6.07, 6.45) is -0.0935. The lowest BCUT2D eigenvalue weighted by Gasteiger charge is -2.29. The van der Waals surface area contributed by atoms with Crippen molar-refractivity contribution in [1.29, 1.82) is 0 Å². The molecule has 0 bridgehead atoms. The standard InChI is InChI=1S/C36H38ClF3N2O/c37-35-30(17-10-20-34(35)36(38,39)40)26-41(27-33(28-13-4-1-5-14-28)29-15-6-2-7-16-29)21-12-24-43-32-19-11-18-31(25-32)42-22-8-3-9-23-42/h1-2,4-7,10-11,13-20,25,33H,3,8-9,12,21-24,26-27H2. The van der Waals surface area contributed by atoms with Crippen LogP contribution in [0.15, 0.2) is 103 Å². The van der Waals surface area contributed by atoms with Gasteiger partial charge in [0, 0.05) is 50.4 Å². The second kappa shape index (κ2) is 14.8. The molecule has 7 heteroatoms. The number of halogens is 4. The van der Waals surface area contributed by atoms with Crippen LogP contribution in [0.4, 0.5) is 18.9 Å². The van der Waals surface area contributed by atoms with E-state index in [-0.39, 0.29) is 10.9 Å². The van der Waals surface area contributed by atoms with Crippen molar-refractivity contribution in [3.05, 3.63) is 130 Å². The molecule has 4 aromatic carbocycles. The summed E-state index contributed by atoms with van der Waals surface area (Å²) >= 11 is 6.35. The maximum atomic E-state index is 13.7. The molecule has 4 aromatic rings. The molecule has 3 nitrogen and oxygen atoms in total. The normalized spacial score (nSPS) is 14.0. The number of hydrogen-bond acceptors (Lipinski definition) is 3. The molecule has 0 spiro atoms. The minimum atomic E-state index is -4.51. The van der Waals surface area contributed by atoms with Gasteiger partial charge in [0.15, 0.2) is 0 Å². The Morgan fingerprint density at radius 3 is 2.09 bits per heavy atom. The first-order valence-electron chi connectivity index (χ1n) is 15.0. The zero-order valence-electron chi connectivity index (χ0n) is 24.3. The maximum absolute atomic E-state index is 13.7. The average Bonchev–Trinajstić information content (AvgIpc) is 3.03. The fraction of sp³-hybridized carbons (Fsp3) is 0.333. The van der Waals surface area contributed by atoms with Gasteiger partial charge in [0.1, 0.15) is 5.75 Å². The third-order valence-electron chi connectivity index (χ3n) is 8.05. The molecular formula is C36H38ClF3N2O. The monoisotopic (exact) mass is 606 g/mol. The molecular weight excluding hydrogens is 569 g/mol. The van der Waals surface area contributed by atoms with Crippen LogP contribution in [0.2, 0.25) is 5.02 Å². The fourth-order valence-corrected chi connectivity index (χ4v) is 6.12. The highest BCUT2D eigenvalue weighted by Gasteiger charge is 2.34. The van der Waals surface area contributed by atoms with E-state index in [1.54, 1.807) is 6.07 Å². The SMILES string of the molecule is FC(F)(F)c1cccc(CN(CCCOc2cccc(N3CCCCC3)c2)CC(c2ccccc2)c2ccccc2)c1Cl. The van der Waals surface area contributed by atoms with E-state index in [1.165, 1.54) is 31.0 Å². The van der Waals surface area contributed by atoms with Gasteiger partial charge in [-0.15, -0.1) is 0 Å². The molecule has 0 aliphatic carbocycles. The number of anilines is 1. The summed E-state index contributed by atoms with van der Waals surface area (Å²) in [4.78, 5) is 4.60. The Morgan fingerprint density at radius 2 is 1.44 bits per heavy atom. The van der Waals surface area contributed by atoms with Crippen LogP contribution in [0, 0.1) is 0 Å². The summed E-state index contributed by atoms with van der Waals surface area (Å²) < 4.78 is 47.1. The van der Waals surface area contributed by atoms with Crippen molar-refractivity contribution in [1.82, 2.24) is 4.90 Å². The van der Waals surface area contributed by atoms with Gasteiger partial charge >= 0.3 is 6.18 Å². The Labute approximate surface area is 257 Å². The molecule has 0 aromatic heterocycles. The molecule has 1 aliphatic heterocycles. The van der Waals surface area contributed by atoms with Gasteiger partial charge in [-0.1, -0.05) is 90.5 Å². The molecule has 1 aliphatic rings. The van der Waals surface area contributed by atoms with E-state index in [9.17, 15) is 13.2 Å². The number of ether oxygens (including phenoxy) is 1. The van der Waals surface area contributed by atoms with E-state index in [0.717, 1.165) is 36.0 Å². The molecule has 1 heterocycles. The highest BCUT2D eigenvalue weighted by molar-refractivity contribution is 6.32. The minimum Gasteiger partial charge on any atom is -0.493 e. The number of benzene rings is 4. The second-order valence-corrected chi connectivity index (χ2v) is 11.5. The first-order valence-corrected chi connectivity index (χ1v) is 15.4. The van der Waals surface area contributed by atoms with Gasteiger partial charge in [-0.2, -0.15) is 13.2 Å². The van der Waals surface area contributed by atoms with Crippen LogP contribution in [0.25, 0.3) is 0 Å². The lowest BCUT2D eigenvalue weighted by molar-refractivity contribution is -0.137. The largest absolute Gasteiger partial charge is 0.493 e. The van der Waals surface area contributed by atoms with Crippen molar-refractivity contribution in [2.45, 2.75) is 44.3 Å². The third-order valence-corrected chi connectivity index (χ3v) is 8.50. The van der Waals surface area contributed by atoms with Crippen LogP contribution in [0.1, 0.15) is 53.9 Å². The molecule has 0 radical (unpaired) electrons. The molecule has 5 rings (SSSR count). The molecule has 1 saturated heterocycles. The Hall–Kier alpha value is -3.48. The van der Waals surface area contributed by atoms with Gasteiger partial charge in [0.25, 0.3) is 0 Å². The predicted molar refractivity (Wildman–Crippen MR) is 169 cm³/mol. The van der Waals surface area contributed by atoms with Crippen LogP contribution < -0.4 is 9.64 Å². The van der Waals surface area contributed by atoms with E-state index in [1.807, 2.05) is 48.5 Å². The first kappa shape index (κ1) is 31.0. The van der Waals surface area contributed by atoms with Crippen LogP contribution in [-0.4, -0.2) is 37.7 Å². The van der Waals surface area contributed by atoms with Crippen LogP contribution >= 0.6 is 11.6 Å². The highest BCUT2D eigenvalue weighted by atomic mass is 35.5. The zero-order chi connectivity index (χ0) is 30.1. The molecule has 0 atom stereocenters. The van der Waals surface area contributed by atoms with Crippen molar-refractivity contribution in [3.8, 4) is 5.75 Å². The Kier molecular flexibility index (Phi) is 10.7. The number of hydrogen-bond donors (Lipinski definition) is 0. The molecule has 226 valence electrons. The first-order chi connectivity index (χ1) is 20.9. The van der Waals surface area contributed by atoms with Crippen molar-refractivity contribution >= 4 is 17.3 Å². The average molecular weight is 607 g/mol. The predicted octanol–water partition coefficient (Wildman–Crippen LogP) is 9.45. The summed E-state index contributed by atoms with van der Waals surface area (Å²) in [7, 11) is 0. The number of rotatable bonds is 12. The molecule has 0 saturated carbocycles. The summed E-state index contributed by atoms with van der Waals surface area (Å²) in [5.41, 5.74) is 3.16. The summed E-state index contributed by atoms with van der Waals surface area (Å²) in [6, 6.07) is 32.9. The summed E-state index contributed by atoms with van der Waals surface area (Å²) in [5.74, 6) is 0.871. The minimum absolute atomic E-state index is 0.0362. The van der Waals surface area contributed by atoms with E-state index in [4.69, 9.17) is 16.3 Å². The van der Waals surface area contributed by atoms with Gasteiger partial charge in [-0.25, -0.2) is 0 Å². The highest BCUT2D eigenvalue weighted by Crippen LogP contribution is 2.37. The smallest absolute Gasteiger partial charge is 0.417 e. The van der Waals surface area contributed by atoms with Gasteiger partial charge in [0.05, 0.1) is 17.2 Å². The zero-order valence-corrected chi connectivity index (χ0v) is 25.0. The molecule has 1 fully saturated rings. The quantitative estimate of drug-likeness (QED) is 0.149. The maximum Gasteiger partial charge on any atom is 0.417 e. The summed E-state index contributed by atoms with van der Waals surface area (Å²) in [5, 5.41) is -0.234. The lowest BCUT2D eigenvalue weighted by atomic mass is 9.90. The van der Waals surface area contributed by atoms with Gasteiger partial charge in [-0.3, -0.25) is 4.90 Å². The number of nitrogens with zero attached hydrogens (tertiary/aromatic N) is 2. The summed E-state index contributed by atoms with van der Waals surface area (Å²) in [6.45, 7) is 4.18. The third kappa shape index (κ3) is 8.55. The molecule has 0 amide bonds. The van der Waals surface area contributed by atoms with Crippen LogP contribution in [0.3, 0.4) is 0 Å². The van der Waals surface area contributed by atoms with E-state index in [0.29, 0.717) is 38.2 Å². The van der Waals surface area contributed by atoms with Gasteiger partial charge in [-0.05, 0) is 60.6 Å². The molecule has 43 heavy (non-hydrogen) atoms. The van der Waals surface area contributed by atoms with Gasteiger partial charge < -0.3 is 9.64 Å². The second-order valence-electron chi connectivity index (χ2n) is 11.1. The van der Waals surface area contributed by atoms with Crippen LogP contribution in [-0.2, 0) is 12.7 Å². The van der Waals surface area contributed by atoms with E-state index >= 15 is 0 Å². The van der Waals surface area contributed by atoms with Crippen molar-refractivity contribution < 1.29 is 17.9 Å².